The van der Waals surface area contributed by atoms with Gasteiger partial charge in [0, 0.05) is 6.54 Å². The predicted molar refractivity (Wildman–Crippen MR) is 62.9 cm³/mol. The number of hydrogen-bond donors (Lipinski definition) is 0. The largest absolute Gasteiger partial charge is 0.466 e. The number of nitrogens with zero attached hydrogens (tertiary/aromatic N) is 1. The highest BCUT2D eigenvalue weighted by molar-refractivity contribution is 5.69. The first-order chi connectivity index (χ1) is 7.20. The molecule has 0 radical (unpaired) electrons. The lowest BCUT2D eigenvalue weighted by Crippen LogP contribution is -2.22. The van der Waals surface area contributed by atoms with Gasteiger partial charge in [0.05, 0.1) is 13.0 Å². The first-order valence-corrected chi connectivity index (χ1v) is 6.04. The van der Waals surface area contributed by atoms with E-state index < -0.39 is 0 Å². The molecule has 3 nitrogen and oxygen atoms in total. The van der Waals surface area contributed by atoms with Crippen LogP contribution in [-0.4, -0.2) is 37.6 Å². The summed E-state index contributed by atoms with van der Waals surface area (Å²) in [6.07, 6.45) is 5.13. The van der Waals surface area contributed by atoms with E-state index >= 15 is 0 Å². The van der Waals surface area contributed by atoms with E-state index in [2.05, 4.69) is 18.7 Å². The Bertz CT molecular complexity index is 160. The molecule has 0 N–H and O–H groups in total. The predicted octanol–water partition coefficient (Wildman–Crippen LogP) is 2.45. The van der Waals surface area contributed by atoms with Crippen molar-refractivity contribution in [2.45, 2.75) is 46.0 Å². The van der Waals surface area contributed by atoms with E-state index in [1.807, 2.05) is 7.05 Å². The number of rotatable bonds is 9. The zero-order valence-corrected chi connectivity index (χ0v) is 10.4. The SMILES string of the molecule is CCCCCCOC(=O)CCN(C)CC. The van der Waals surface area contributed by atoms with Crippen LogP contribution in [0.15, 0.2) is 0 Å². The number of carbonyl (C=O) groups is 1. The van der Waals surface area contributed by atoms with Crippen molar-refractivity contribution in [2.75, 3.05) is 26.7 Å². The van der Waals surface area contributed by atoms with E-state index in [4.69, 9.17) is 4.74 Å². The molecular formula is C12H25NO2. The molecule has 0 saturated carbocycles. The minimum absolute atomic E-state index is 0.0631. The molecule has 0 bridgehead atoms. The molecule has 0 rings (SSSR count). The molecule has 0 aliphatic heterocycles. The van der Waals surface area contributed by atoms with Crippen molar-refractivity contribution in [3.8, 4) is 0 Å². The second-order valence-corrected chi connectivity index (χ2v) is 3.93. The molecule has 3 heteroatoms. The lowest BCUT2D eigenvalue weighted by Gasteiger charge is -2.12. The topological polar surface area (TPSA) is 29.5 Å². The highest BCUT2D eigenvalue weighted by Crippen LogP contribution is 2.00. The van der Waals surface area contributed by atoms with Gasteiger partial charge in [-0.15, -0.1) is 0 Å². The third kappa shape index (κ3) is 9.73. The summed E-state index contributed by atoms with van der Waals surface area (Å²) in [6, 6.07) is 0. The maximum Gasteiger partial charge on any atom is 0.307 e. The molecule has 0 atom stereocenters. The summed E-state index contributed by atoms with van der Waals surface area (Å²) in [5.74, 6) is -0.0631. The van der Waals surface area contributed by atoms with Crippen LogP contribution >= 0.6 is 0 Å². The van der Waals surface area contributed by atoms with Crippen molar-refractivity contribution in [3.05, 3.63) is 0 Å². The van der Waals surface area contributed by atoms with Gasteiger partial charge in [-0.3, -0.25) is 4.79 Å². The van der Waals surface area contributed by atoms with Crippen molar-refractivity contribution >= 4 is 5.97 Å². The van der Waals surface area contributed by atoms with E-state index in [0.717, 1.165) is 19.5 Å². The molecule has 0 aliphatic carbocycles. The van der Waals surface area contributed by atoms with Crippen molar-refractivity contribution in [3.63, 3.8) is 0 Å². The number of unbranched alkanes of at least 4 members (excludes halogenated alkanes) is 3. The van der Waals surface area contributed by atoms with Gasteiger partial charge in [-0.25, -0.2) is 0 Å². The minimum Gasteiger partial charge on any atom is -0.466 e. The van der Waals surface area contributed by atoms with Crippen LogP contribution in [0.3, 0.4) is 0 Å². The van der Waals surface area contributed by atoms with Crippen LogP contribution in [0.25, 0.3) is 0 Å². The molecule has 0 spiro atoms. The fourth-order valence-electron chi connectivity index (χ4n) is 1.23. The van der Waals surface area contributed by atoms with Gasteiger partial charge >= 0.3 is 5.97 Å². The van der Waals surface area contributed by atoms with Gasteiger partial charge < -0.3 is 9.64 Å². The maximum atomic E-state index is 11.2. The van der Waals surface area contributed by atoms with Gasteiger partial charge in [0.2, 0.25) is 0 Å². The van der Waals surface area contributed by atoms with E-state index in [9.17, 15) is 4.79 Å². The van der Waals surface area contributed by atoms with E-state index in [0.29, 0.717) is 13.0 Å². The van der Waals surface area contributed by atoms with Gasteiger partial charge in [-0.1, -0.05) is 33.1 Å². The van der Waals surface area contributed by atoms with Gasteiger partial charge in [0.1, 0.15) is 0 Å². The smallest absolute Gasteiger partial charge is 0.307 e. The van der Waals surface area contributed by atoms with E-state index in [-0.39, 0.29) is 5.97 Å². The molecular weight excluding hydrogens is 190 g/mol. The van der Waals surface area contributed by atoms with Gasteiger partial charge in [0.25, 0.3) is 0 Å². The third-order valence-corrected chi connectivity index (χ3v) is 2.50. The van der Waals surface area contributed by atoms with Gasteiger partial charge in [-0.05, 0) is 20.0 Å². The second-order valence-electron chi connectivity index (χ2n) is 3.93. The Labute approximate surface area is 93.8 Å². The summed E-state index contributed by atoms with van der Waals surface area (Å²) in [5.41, 5.74) is 0. The molecule has 0 aromatic rings. The molecule has 0 saturated heterocycles. The first kappa shape index (κ1) is 14.4. The normalized spacial score (nSPS) is 10.7. The van der Waals surface area contributed by atoms with E-state index in [1.54, 1.807) is 0 Å². The number of hydrogen-bond acceptors (Lipinski definition) is 3. The fraction of sp³-hybridized carbons (Fsp3) is 0.917. The zero-order valence-electron chi connectivity index (χ0n) is 10.4. The number of ether oxygens (including phenoxy) is 1. The molecule has 0 unspecified atom stereocenters. The fourth-order valence-corrected chi connectivity index (χ4v) is 1.23. The van der Waals surface area contributed by atoms with Crippen LogP contribution < -0.4 is 0 Å². The Kier molecular flexibility index (Phi) is 9.59. The van der Waals surface area contributed by atoms with Crippen LogP contribution in [0.1, 0.15) is 46.0 Å². The average Bonchev–Trinajstić information content (AvgIpc) is 2.25. The summed E-state index contributed by atoms with van der Waals surface area (Å²) >= 11 is 0. The zero-order chi connectivity index (χ0) is 11.5. The lowest BCUT2D eigenvalue weighted by molar-refractivity contribution is -0.144. The maximum absolute atomic E-state index is 11.2. The van der Waals surface area contributed by atoms with Gasteiger partial charge in [-0.2, -0.15) is 0 Å². The Morgan fingerprint density at radius 3 is 2.53 bits per heavy atom. The molecule has 15 heavy (non-hydrogen) atoms. The summed E-state index contributed by atoms with van der Waals surface area (Å²) < 4.78 is 5.12. The minimum atomic E-state index is -0.0631. The Hall–Kier alpha value is -0.570. The molecule has 0 aliphatic rings. The number of carbonyl (C=O) groups excluding carboxylic acids is 1. The summed E-state index contributed by atoms with van der Waals surface area (Å²) in [4.78, 5) is 13.4. The van der Waals surface area contributed by atoms with Crippen molar-refractivity contribution in [1.82, 2.24) is 4.90 Å². The molecule has 90 valence electrons. The Morgan fingerprint density at radius 2 is 1.93 bits per heavy atom. The Balaban J connectivity index is 3.26. The highest BCUT2D eigenvalue weighted by Gasteiger charge is 2.03. The van der Waals surface area contributed by atoms with E-state index in [1.165, 1.54) is 19.3 Å². The van der Waals surface area contributed by atoms with Crippen LogP contribution in [0.2, 0.25) is 0 Å². The molecule has 0 aromatic carbocycles. The van der Waals surface area contributed by atoms with Crippen LogP contribution in [0, 0.1) is 0 Å². The summed E-state index contributed by atoms with van der Waals surface area (Å²) in [7, 11) is 2.01. The van der Waals surface area contributed by atoms with Crippen molar-refractivity contribution in [2.24, 2.45) is 0 Å². The van der Waals surface area contributed by atoms with Crippen molar-refractivity contribution in [1.29, 1.82) is 0 Å². The second kappa shape index (κ2) is 9.97. The molecule has 0 fully saturated rings. The van der Waals surface area contributed by atoms with Crippen LogP contribution in [-0.2, 0) is 9.53 Å². The summed E-state index contributed by atoms with van der Waals surface area (Å²) in [5, 5.41) is 0. The van der Waals surface area contributed by atoms with Crippen LogP contribution in [0.5, 0.6) is 0 Å². The quantitative estimate of drug-likeness (QED) is 0.437. The molecule has 0 aromatic heterocycles. The van der Waals surface area contributed by atoms with Gasteiger partial charge in [0.15, 0.2) is 0 Å². The summed E-state index contributed by atoms with van der Waals surface area (Å²) in [6.45, 7) is 6.62. The highest BCUT2D eigenvalue weighted by atomic mass is 16.5. The van der Waals surface area contributed by atoms with Crippen molar-refractivity contribution < 1.29 is 9.53 Å². The molecule has 0 heterocycles. The Morgan fingerprint density at radius 1 is 1.20 bits per heavy atom. The molecule has 0 amide bonds. The first-order valence-electron chi connectivity index (χ1n) is 6.04. The number of esters is 1. The standard InChI is InChI=1S/C12H25NO2/c1-4-6-7-8-11-15-12(14)9-10-13(3)5-2/h4-11H2,1-3H3. The third-order valence-electron chi connectivity index (χ3n) is 2.50. The van der Waals surface area contributed by atoms with Crippen LogP contribution in [0.4, 0.5) is 0 Å². The average molecular weight is 215 g/mol. The lowest BCUT2D eigenvalue weighted by atomic mass is 10.2. The monoisotopic (exact) mass is 215 g/mol.